The lowest BCUT2D eigenvalue weighted by molar-refractivity contribution is -0.127. The minimum atomic E-state index is -0.740. The zero-order valence-corrected chi connectivity index (χ0v) is 45.3. The molecule has 7 aromatic rings. The third kappa shape index (κ3) is 10.3. The molecule has 2 aliphatic heterocycles. The molecule has 0 saturated carbocycles. The molecule has 8 heterocycles. The van der Waals surface area contributed by atoms with Gasteiger partial charge < -0.3 is 19.6 Å². The third-order valence-corrected chi connectivity index (χ3v) is 14.7. The number of halogens is 4. The van der Waals surface area contributed by atoms with E-state index in [9.17, 15) is 23.6 Å². The maximum absolute atomic E-state index is 16.0. The summed E-state index contributed by atoms with van der Waals surface area (Å²) in [4.78, 5) is 86.3. The van der Waals surface area contributed by atoms with Crippen molar-refractivity contribution >= 4 is 68.9 Å². The van der Waals surface area contributed by atoms with Crippen molar-refractivity contribution in [2.24, 2.45) is 0 Å². The molecule has 21 heteroatoms. The highest BCUT2D eigenvalue weighted by molar-refractivity contribution is 7.98. The molecule has 0 aliphatic carbocycles. The lowest BCUT2D eigenvalue weighted by atomic mass is 10.0. The number of carbonyl (C=O) groups is 2. The molecule has 0 bridgehead atoms. The number of amides is 2. The number of carbonyl (C=O) groups excluding carboxylic acids is 2. The summed E-state index contributed by atoms with van der Waals surface area (Å²) in [6.45, 7) is 24.9. The van der Waals surface area contributed by atoms with Crippen LogP contribution in [0.2, 0.25) is 5.15 Å². The van der Waals surface area contributed by atoms with Crippen molar-refractivity contribution in [3.63, 3.8) is 0 Å². The second kappa shape index (κ2) is 22.4. The second-order valence-electron chi connectivity index (χ2n) is 19.3. The van der Waals surface area contributed by atoms with Crippen LogP contribution in [0.5, 0.6) is 0 Å². The Balaban J connectivity index is 0.000000206. The van der Waals surface area contributed by atoms with Gasteiger partial charge in [-0.25, -0.2) is 41.9 Å². The van der Waals surface area contributed by atoms with Crippen molar-refractivity contribution < 1.29 is 22.8 Å². The Hall–Kier alpha value is -7.45. The Kier molecular flexibility index (Phi) is 16.2. The average molecular weight is 1080 g/mol. The number of aromatic nitrogens is 8. The van der Waals surface area contributed by atoms with Crippen molar-refractivity contribution in [2.45, 2.75) is 84.2 Å². The summed E-state index contributed by atoms with van der Waals surface area (Å²) >= 11 is 7.35. The third-order valence-electron chi connectivity index (χ3n) is 13.6. The van der Waals surface area contributed by atoms with Crippen LogP contribution in [-0.4, -0.2) is 118 Å². The van der Waals surface area contributed by atoms with Gasteiger partial charge in [0.1, 0.15) is 23.1 Å². The fraction of sp³-hybridized carbons (Fsp3) is 0.345. The van der Waals surface area contributed by atoms with Gasteiger partial charge in [-0.1, -0.05) is 58.5 Å². The fourth-order valence-corrected chi connectivity index (χ4v) is 10.6. The Morgan fingerprint density at radius 1 is 0.684 bits per heavy atom. The topological polar surface area (TPSA) is 168 Å². The number of nitrogens with zero attached hydrogens (tertiary/aromatic N) is 12. The van der Waals surface area contributed by atoms with Gasteiger partial charge in [0, 0.05) is 68.6 Å². The minimum absolute atomic E-state index is 0.0166. The number of anilines is 2. The fourth-order valence-electron chi connectivity index (χ4n) is 9.88. The van der Waals surface area contributed by atoms with Crippen molar-refractivity contribution in [3.8, 4) is 22.6 Å². The van der Waals surface area contributed by atoms with Gasteiger partial charge in [-0.05, 0) is 105 Å². The smallest absolute Gasteiger partial charge is 0.350 e. The van der Waals surface area contributed by atoms with Crippen LogP contribution in [0, 0.1) is 31.3 Å². The maximum atomic E-state index is 16.0. The van der Waals surface area contributed by atoms with E-state index < -0.39 is 28.8 Å². The normalized spacial score (nSPS) is 15.9. The molecular formula is C55H58ClF3N12O4S. The first-order valence-electron chi connectivity index (χ1n) is 24.7. The summed E-state index contributed by atoms with van der Waals surface area (Å²) < 4.78 is 48.6. The summed E-state index contributed by atoms with van der Waals surface area (Å²) in [5, 5.41) is 0.320. The summed E-state index contributed by atoms with van der Waals surface area (Å²) in [7, 11) is 0. The van der Waals surface area contributed by atoms with E-state index in [-0.39, 0.29) is 69.3 Å². The van der Waals surface area contributed by atoms with E-state index in [4.69, 9.17) is 16.6 Å². The molecule has 76 heavy (non-hydrogen) atoms. The number of benzene rings is 1. The van der Waals surface area contributed by atoms with Gasteiger partial charge in [0.15, 0.2) is 28.1 Å². The van der Waals surface area contributed by atoms with Crippen molar-refractivity contribution in [1.29, 1.82) is 0 Å². The molecule has 0 spiro atoms. The molecule has 2 aliphatic rings. The van der Waals surface area contributed by atoms with Crippen molar-refractivity contribution in [2.75, 3.05) is 55.3 Å². The summed E-state index contributed by atoms with van der Waals surface area (Å²) in [6.07, 6.45) is 7.70. The highest BCUT2D eigenvalue weighted by atomic mass is 35.5. The first-order valence-corrected chi connectivity index (χ1v) is 26.3. The number of thioether (sulfide) groups is 1. The van der Waals surface area contributed by atoms with Crippen LogP contribution in [0.25, 0.3) is 44.7 Å². The van der Waals surface area contributed by atoms with Crippen LogP contribution in [0.3, 0.4) is 0 Å². The van der Waals surface area contributed by atoms with Crippen LogP contribution in [0.15, 0.2) is 94.7 Å². The van der Waals surface area contributed by atoms with E-state index in [2.05, 4.69) is 38.1 Å². The summed E-state index contributed by atoms with van der Waals surface area (Å²) in [5.41, 5.74) is 3.01. The average Bonchev–Trinajstić information content (AvgIpc) is 3.44. The number of fused-ring (bicyclic) bond motifs is 2. The maximum Gasteiger partial charge on any atom is 0.355 e. The highest BCUT2D eigenvalue weighted by Gasteiger charge is 2.33. The molecule has 16 nitrogen and oxygen atoms in total. The molecule has 2 saturated heterocycles. The van der Waals surface area contributed by atoms with Crippen LogP contribution >= 0.6 is 23.4 Å². The number of hydrogen-bond acceptors (Lipinski definition) is 13. The van der Waals surface area contributed by atoms with Crippen LogP contribution in [0.1, 0.15) is 75.9 Å². The standard InChI is InChI=1S/C31H32F2N6O2S.C24H26ClFN6O2/c1-7-24(40)37-13-14-38(19(5)16-37)29-20-15-22(33)27(25-21(32)9-8-10-23(25)42-6)35-30(20)39(31(41)36-29)28-18(4)11-12-34-26(28)17(2)3;1-6-18(33)30-9-10-31(15(5)12-30)22-16-11-17(26)21(25)28-23(16)32(24(34)29-22)20-14(4)7-8-27-19(20)13(2)3/h7-12,15,17,19H,1,13-14,16H2,2-6H3;6-8,11,13,15H,1,9-10,12H2,2-5H3/t19-;15-/m00/s1. The first kappa shape index (κ1) is 54.8. The van der Waals surface area contributed by atoms with E-state index in [1.54, 1.807) is 52.7 Å². The number of hydrogen-bond donors (Lipinski definition) is 0. The van der Waals surface area contributed by atoms with E-state index in [1.165, 1.54) is 51.2 Å². The predicted octanol–water partition coefficient (Wildman–Crippen LogP) is 9.12. The van der Waals surface area contributed by atoms with Gasteiger partial charge in [0.2, 0.25) is 11.8 Å². The Morgan fingerprint density at radius 3 is 1.58 bits per heavy atom. The summed E-state index contributed by atoms with van der Waals surface area (Å²) in [6, 6.07) is 10.2. The molecule has 2 atom stereocenters. The van der Waals surface area contributed by atoms with E-state index in [0.717, 1.165) is 11.1 Å². The molecule has 2 amide bonds. The number of pyridine rings is 4. The predicted molar refractivity (Wildman–Crippen MR) is 293 cm³/mol. The van der Waals surface area contributed by atoms with E-state index >= 15 is 8.78 Å². The molecular weight excluding hydrogens is 1020 g/mol. The van der Waals surface area contributed by atoms with Crippen LogP contribution in [-0.2, 0) is 9.59 Å². The molecule has 0 radical (unpaired) electrons. The Bertz CT molecular complexity index is 3590. The van der Waals surface area contributed by atoms with Gasteiger partial charge >= 0.3 is 11.4 Å². The van der Waals surface area contributed by atoms with Gasteiger partial charge in [-0.3, -0.25) is 19.6 Å². The number of aryl methyl sites for hydroxylation is 2. The van der Waals surface area contributed by atoms with Crippen molar-refractivity contribution in [1.82, 2.24) is 48.8 Å². The van der Waals surface area contributed by atoms with Gasteiger partial charge in [0.05, 0.1) is 39.1 Å². The molecule has 9 rings (SSSR count). The lowest BCUT2D eigenvalue weighted by Crippen LogP contribution is -2.54. The number of rotatable bonds is 10. The van der Waals surface area contributed by atoms with Gasteiger partial charge in [0.25, 0.3) is 0 Å². The molecule has 0 N–H and O–H groups in total. The highest BCUT2D eigenvalue weighted by Crippen LogP contribution is 2.38. The van der Waals surface area contributed by atoms with Crippen LogP contribution < -0.4 is 21.2 Å². The zero-order chi connectivity index (χ0) is 55.0. The minimum Gasteiger partial charge on any atom is -0.350 e. The van der Waals surface area contributed by atoms with E-state index in [1.807, 2.05) is 65.2 Å². The quantitative estimate of drug-likeness (QED) is 0.0723. The SMILES string of the molecule is C=CC(=O)N1CCN(c2nc(=O)n(-c3c(C)ccnc3C(C)C)c3nc(-c4c(F)cccc4SC)c(F)cc23)[C@@H](C)C1.C=CC(=O)N1CCN(c2nc(=O)n(-c3c(C)ccnc3C(C)C)c3nc(Cl)c(F)cc23)[C@@H](C)C1. The lowest BCUT2D eigenvalue weighted by Gasteiger charge is -2.40. The van der Waals surface area contributed by atoms with E-state index in [0.29, 0.717) is 83.5 Å². The van der Waals surface area contributed by atoms with Gasteiger partial charge in [-0.15, -0.1) is 11.8 Å². The Labute approximate surface area is 447 Å². The molecule has 396 valence electrons. The molecule has 2 fully saturated rings. The van der Waals surface area contributed by atoms with Crippen molar-refractivity contribution in [3.05, 3.63) is 146 Å². The monoisotopic (exact) mass is 1070 g/mol. The van der Waals surface area contributed by atoms with Gasteiger partial charge in [-0.2, -0.15) is 9.97 Å². The second-order valence-corrected chi connectivity index (χ2v) is 20.5. The number of piperazine rings is 2. The molecule has 0 unspecified atom stereocenters. The van der Waals surface area contributed by atoms with Crippen LogP contribution in [0.4, 0.5) is 24.8 Å². The Morgan fingerprint density at radius 2 is 1.14 bits per heavy atom. The zero-order valence-electron chi connectivity index (χ0n) is 43.7. The largest absolute Gasteiger partial charge is 0.355 e. The summed E-state index contributed by atoms with van der Waals surface area (Å²) in [5.74, 6) is -1.87. The molecule has 1 aromatic carbocycles. The first-order chi connectivity index (χ1) is 36.2. The molecule has 6 aromatic heterocycles.